The lowest BCUT2D eigenvalue weighted by Crippen LogP contribution is -2.49. The molecule has 0 aromatic heterocycles. The van der Waals surface area contributed by atoms with Gasteiger partial charge in [0.1, 0.15) is 5.78 Å². The summed E-state index contributed by atoms with van der Waals surface area (Å²) in [5.41, 5.74) is 2.31. The van der Waals surface area contributed by atoms with E-state index in [0.717, 1.165) is 25.7 Å². The number of Topliss-reactive ketones (excluding diaryl/α,β-unsaturated/α-hetero) is 1. The summed E-state index contributed by atoms with van der Waals surface area (Å²) in [5.74, 6) is 2.70. The van der Waals surface area contributed by atoms with E-state index in [1.807, 2.05) is 0 Å². The number of aliphatic hydroxyl groups is 1. The summed E-state index contributed by atoms with van der Waals surface area (Å²) in [7, 11) is 0. The van der Waals surface area contributed by atoms with Gasteiger partial charge in [0, 0.05) is 5.92 Å². The van der Waals surface area contributed by atoms with E-state index in [1.54, 1.807) is 12.5 Å². The highest BCUT2D eigenvalue weighted by Crippen LogP contribution is 2.65. The second-order valence-electron chi connectivity index (χ2n) is 9.46. The molecule has 0 saturated heterocycles. The first-order valence-electron chi connectivity index (χ1n) is 9.74. The Kier molecular flexibility index (Phi) is 3.58. The fourth-order valence-electron chi connectivity index (χ4n) is 7.16. The monoisotopic (exact) mass is 316 g/mol. The Morgan fingerprint density at radius 2 is 1.78 bits per heavy atom. The van der Waals surface area contributed by atoms with Crippen molar-refractivity contribution < 1.29 is 9.90 Å². The fourth-order valence-corrected chi connectivity index (χ4v) is 7.16. The van der Waals surface area contributed by atoms with Crippen LogP contribution in [0.2, 0.25) is 0 Å². The highest BCUT2D eigenvalue weighted by atomic mass is 16.3. The summed E-state index contributed by atoms with van der Waals surface area (Å²) in [6, 6.07) is 0. The second-order valence-corrected chi connectivity index (χ2v) is 9.46. The van der Waals surface area contributed by atoms with Crippen LogP contribution in [-0.4, -0.2) is 17.0 Å². The van der Waals surface area contributed by atoms with Crippen LogP contribution in [0.15, 0.2) is 11.6 Å². The first-order valence-corrected chi connectivity index (χ1v) is 9.74. The molecule has 128 valence electrons. The second kappa shape index (κ2) is 5.18. The molecule has 2 heteroatoms. The molecule has 0 bridgehead atoms. The average Bonchev–Trinajstić information content (AvgIpc) is 2.85. The van der Waals surface area contributed by atoms with Gasteiger partial charge in [-0.25, -0.2) is 0 Å². The van der Waals surface area contributed by atoms with Crippen molar-refractivity contribution in [2.45, 2.75) is 78.2 Å². The molecule has 3 fully saturated rings. The number of rotatable bonds is 1. The van der Waals surface area contributed by atoms with Gasteiger partial charge in [-0.3, -0.25) is 4.79 Å². The van der Waals surface area contributed by atoms with Crippen molar-refractivity contribution in [1.29, 1.82) is 0 Å². The summed E-state index contributed by atoms with van der Waals surface area (Å²) in [4.78, 5) is 12.1. The van der Waals surface area contributed by atoms with Crippen molar-refractivity contribution >= 4 is 5.78 Å². The van der Waals surface area contributed by atoms with Crippen molar-refractivity contribution in [2.75, 3.05) is 0 Å². The molecule has 0 aromatic carbocycles. The summed E-state index contributed by atoms with van der Waals surface area (Å²) >= 11 is 0. The summed E-state index contributed by atoms with van der Waals surface area (Å²) < 4.78 is 0. The Labute approximate surface area is 140 Å². The first-order chi connectivity index (χ1) is 10.9. The summed E-state index contributed by atoms with van der Waals surface area (Å²) in [5, 5.41) is 10.1. The number of carbonyl (C=O) groups excluding carboxylic acids is 1. The topological polar surface area (TPSA) is 37.3 Å². The van der Waals surface area contributed by atoms with Crippen LogP contribution in [-0.2, 0) is 4.79 Å². The Hall–Kier alpha value is -0.630. The van der Waals surface area contributed by atoms with E-state index in [0.29, 0.717) is 29.0 Å². The molecule has 2 nitrogen and oxygen atoms in total. The molecule has 5 unspecified atom stereocenters. The van der Waals surface area contributed by atoms with Crippen LogP contribution in [0, 0.1) is 34.5 Å². The Morgan fingerprint density at radius 1 is 1.09 bits per heavy atom. The van der Waals surface area contributed by atoms with Crippen LogP contribution in [0.3, 0.4) is 0 Å². The predicted octanol–water partition coefficient (Wildman–Crippen LogP) is 4.52. The van der Waals surface area contributed by atoms with Gasteiger partial charge in [-0.2, -0.15) is 0 Å². The lowest BCUT2D eigenvalue weighted by atomic mass is 9.48. The van der Waals surface area contributed by atoms with E-state index in [9.17, 15) is 9.90 Å². The zero-order valence-corrected chi connectivity index (χ0v) is 15.0. The maximum absolute atomic E-state index is 12.1. The van der Waals surface area contributed by atoms with Crippen molar-refractivity contribution in [3.8, 4) is 0 Å². The lowest BCUT2D eigenvalue weighted by Gasteiger charge is -2.57. The number of carbonyl (C=O) groups is 1. The predicted molar refractivity (Wildman–Crippen MR) is 91.9 cm³/mol. The van der Waals surface area contributed by atoms with Gasteiger partial charge in [-0.1, -0.05) is 25.5 Å². The number of aliphatic hydroxyl groups excluding tert-OH is 1. The van der Waals surface area contributed by atoms with Crippen molar-refractivity contribution in [3.05, 3.63) is 11.6 Å². The number of fused-ring (bicyclic) bond motifs is 5. The quantitative estimate of drug-likeness (QED) is 0.722. The lowest BCUT2D eigenvalue weighted by molar-refractivity contribution is -0.125. The van der Waals surface area contributed by atoms with Crippen molar-refractivity contribution in [3.63, 3.8) is 0 Å². The van der Waals surface area contributed by atoms with Gasteiger partial charge in [0.2, 0.25) is 0 Å². The summed E-state index contributed by atoms with van der Waals surface area (Å²) in [6.07, 6.45) is 11.6. The van der Waals surface area contributed by atoms with Gasteiger partial charge in [-0.05, 0) is 86.9 Å². The van der Waals surface area contributed by atoms with E-state index < -0.39 is 0 Å². The number of hydrogen-bond donors (Lipinski definition) is 1. The third-order valence-electron chi connectivity index (χ3n) is 8.54. The van der Waals surface area contributed by atoms with Gasteiger partial charge in [0.15, 0.2) is 0 Å². The van der Waals surface area contributed by atoms with Gasteiger partial charge in [0.05, 0.1) is 6.10 Å². The summed E-state index contributed by atoms with van der Waals surface area (Å²) in [6.45, 7) is 6.70. The largest absolute Gasteiger partial charge is 0.393 e. The third-order valence-corrected chi connectivity index (χ3v) is 8.54. The molecule has 0 heterocycles. The Bertz CT molecular complexity index is 550. The van der Waals surface area contributed by atoms with E-state index in [1.165, 1.54) is 25.7 Å². The normalized spacial score (nSPS) is 52.2. The molecule has 0 amide bonds. The van der Waals surface area contributed by atoms with E-state index in [-0.39, 0.29) is 17.4 Å². The Morgan fingerprint density at radius 3 is 2.52 bits per heavy atom. The molecule has 4 aliphatic carbocycles. The molecule has 7 atom stereocenters. The molecular formula is C21H32O2. The minimum Gasteiger partial charge on any atom is -0.393 e. The SMILES string of the molecule is CC(=O)C1CCC2C3=CC[C@@H]4C[C@H](O)CCC4(C)C3CCC12C. The van der Waals surface area contributed by atoms with Crippen LogP contribution in [0.25, 0.3) is 0 Å². The number of allylic oxidation sites excluding steroid dienone is 2. The highest BCUT2D eigenvalue weighted by Gasteiger charge is 2.58. The van der Waals surface area contributed by atoms with Gasteiger partial charge < -0.3 is 5.11 Å². The standard InChI is InChI=1S/C21H32O2/c1-13(22)17-6-7-18-16-5-4-14-12-15(23)8-10-20(14,2)19(16)9-11-21(17,18)3/h5,14-15,17-19,23H,4,6-12H2,1-3H3/t14-,15-,17?,18?,19?,20?,21?/m1/s1. The molecule has 4 aliphatic rings. The third kappa shape index (κ3) is 2.13. The molecule has 1 N–H and O–H groups in total. The van der Waals surface area contributed by atoms with Gasteiger partial charge in [-0.15, -0.1) is 0 Å². The number of ketones is 1. The zero-order valence-electron chi connectivity index (χ0n) is 15.0. The molecule has 23 heavy (non-hydrogen) atoms. The van der Waals surface area contributed by atoms with Crippen LogP contribution < -0.4 is 0 Å². The van der Waals surface area contributed by atoms with Crippen molar-refractivity contribution in [2.24, 2.45) is 34.5 Å². The number of hydrogen-bond acceptors (Lipinski definition) is 2. The molecule has 0 aliphatic heterocycles. The molecular weight excluding hydrogens is 284 g/mol. The molecule has 0 aromatic rings. The van der Waals surface area contributed by atoms with E-state index in [2.05, 4.69) is 19.9 Å². The highest BCUT2D eigenvalue weighted by molar-refractivity contribution is 5.79. The maximum atomic E-state index is 12.1. The van der Waals surface area contributed by atoms with Gasteiger partial charge >= 0.3 is 0 Å². The van der Waals surface area contributed by atoms with E-state index in [4.69, 9.17) is 0 Å². The zero-order chi connectivity index (χ0) is 16.4. The molecule has 0 spiro atoms. The molecule has 0 radical (unpaired) electrons. The minimum absolute atomic E-state index is 0.0783. The van der Waals surface area contributed by atoms with Crippen LogP contribution >= 0.6 is 0 Å². The molecule has 3 saturated carbocycles. The van der Waals surface area contributed by atoms with Crippen LogP contribution in [0.4, 0.5) is 0 Å². The van der Waals surface area contributed by atoms with Crippen LogP contribution in [0.5, 0.6) is 0 Å². The fraction of sp³-hybridized carbons (Fsp3) is 0.857. The van der Waals surface area contributed by atoms with Crippen LogP contribution in [0.1, 0.15) is 72.1 Å². The van der Waals surface area contributed by atoms with Gasteiger partial charge in [0.25, 0.3) is 0 Å². The Balaban J connectivity index is 1.67. The van der Waals surface area contributed by atoms with Crippen molar-refractivity contribution in [1.82, 2.24) is 0 Å². The maximum Gasteiger partial charge on any atom is 0.133 e. The minimum atomic E-state index is -0.0783. The first kappa shape index (κ1) is 15.9. The van der Waals surface area contributed by atoms with E-state index >= 15 is 0 Å². The smallest absolute Gasteiger partial charge is 0.133 e. The average molecular weight is 316 g/mol. The molecule has 4 rings (SSSR count).